The van der Waals surface area contributed by atoms with Crippen LogP contribution in [-0.4, -0.2) is 30.4 Å². The van der Waals surface area contributed by atoms with Gasteiger partial charge in [0, 0.05) is 5.56 Å². The third-order valence-corrected chi connectivity index (χ3v) is 3.54. The lowest BCUT2D eigenvalue weighted by Gasteiger charge is -2.16. The van der Waals surface area contributed by atoms with Gasteiger partial charge in [-0.1, -0.05) is 24.3 Å². The molecule has 0 saturated carbocycles. The number of ketones is 1. The molecule has 0 aromatic heterocycles. The first-order valence-corrected chi connectivity index (χ1v) is 7.95. The summed E-state index contributed by atoms with van der Waals surface area (Å²) in [4.78, 5) is 36.1. The van der Waals surface area contributed by atoms with Gasteiger partial charge in [-0.05, 0) is 38.1 Å². The Bertz CT molecular complexity index is 853. The van der Waals surface area contributed by atoms with Gasteiger partial charge in [0.25, 0.3) is 5.91 Å². The second-order valence-electron chi connectivity index (χ2n) is 5.51. The van der Waals surface area contributed by atoms with Crippen LogP contribution in [0.25, 0.3) is 0 Å². The molecule has 0 aliphatic heterocycles. The van der Waals surface area contributed by atoms with Gasteiger partial charge in [-0.3, -0.25) is 9.59 Å². The molecule has 0 bridgehead atoms. The van der Waals surface area contributed by atoms with Crippen LogP contribution in [0.15, 0.2) is 48.5 Å². The van der Waals surface area contributed by atoms with Crippen LogP contribution in [0.4, 0.5) is 14.5 Å². The Morgan fingerprint density at radius 3 is 2.19 bits per heavy atom. The minimum atomic E-state index is -3.11. The molecule has 142 valence electrons. The highest BCUT2D eigenvalue weighted by molar-refractivity contribution is 6.05. The summed E-state index contributed by atoms with van der Waals surface area (Å²) in [5.41, 5.74) is 0.348. The molecular formula is C19H17F2NO5. The number of nitrogens with one attached hydrogen (secondary N) is 1. The Balaban J connectivity index is 2.09. The minimum absolute atomic E-state index is 0.235. The van der Waals surface area contributed by atoms with E-state index in [-0.39, 0.29) is 22.8 Å². The fourth-order valence-corrected chi connectivity index (χ4v) is 2.25. The van der Waals surface area contributed by atoms with E-state index < -0.39 is 24.6 Å². The van der Waals surface area contributed by atoms with Crippen molar-refractivity contribution < 1.29 is 32.6 Å². The van der Waals surface area contributed by atoms with E-state index in [0.29, 0.717) is 5.56 Å². The minimum Gasteiger partial charge on any atom is -0.449 e. The number of Topliss-reactive ketones (excluding diaryl/α,β-unsaturated/α-hetero) is 1. The zero-order chi connectivity index (χ0) is 20.0. The van der Waals surface area contributed by atoms with Gasteiger partial charge in [-0.25, -0.2) is 4.79 Å². The molecule has 0 spiro atoms. The fraction of sp³-hybridized carbons (Fsp3) is 0.211. The van der Waals surface area contributed by atoms with E-state index in [9.17, 15) is 23.2 Å². The lowest BCUT2D eigenvalue weighted by molar-refractivity contribution is -0.123. The summed E-state index contributed by atoms with van der Waals surface area (Å²) in [6, 6.07) is 11.7. The maximum atomic E-state index is 12.4. The van der Waals surface area contributed by atoms with E-state index in [1.54, 1.807) is 18.2 Å². The molecule has 0 heterocycles. The Kier molecular flexibility index (Phi) is 6.59. The van der Waals surface area contributed by atoms with Gasteiger partial charge in [-0.15, -0.1) is 0 Å². The largest absolute Gasteiger partial charge is 0.449 e. The predicted octanol–water partition coefficient (Wildman–Crippen LogP) is 3.67. The van der Waals surface area contributed by atoms with Crippen LogP contribution in [0.2, 0.25) is 0 Å². The van der Waals surface area contributed by atoms with Gasteiger partial charge in [0.2, 0.25) is 0 Å². The molecular weight excluding hydrogens is 360 g/mol. The number of amides is 1. The summed E-state index contributed by atoms with van der Waals surface area (Å²) < 4.78 is 34.2. The van der Waals surface area contributed by atoms with Crippen molar-refractivity contribution in [3.05, 3.63) is 59.7 Å². The third kappa shape index (κ3) is 5.34. The van der Waals surface area contributed by atoms with Gasteiger partial charge in [0.15, 0.2) is 11.9 Å². The first kappa shape index (κ1) is 20.0. The smallest absolute Gasteiger partial charge is 0.387 e. The predicted molar refractivity (Wildman–Crippen MR) is 93.0 cm³/mol. The van der Waals surface area contributed by atoms with Gasteiger partial charge in [0.05, 0.1) is 5.69 Å². The average molecular weight is 377 g/mol. The average Bonchev–Trinajstić information content (AvgIpc) is 2.61. The quantitative estimate of drug-likeness (QED) is 0.588. The molecule has 1 atom stereocenters. The Hall–Kier alpha value is -3.29. The number of carbonyl (C=O) groups is 3. The van der Waals surface area contributed by atoms with E-state index in [0.717, 1.165) is 0 Å². The van der Waals surface area contributed by atoms with Crippen molar-refractivity contribution in [2.24, 2.45) is 0 Å². The van der Waals surface area contributed by atoms with Crippen molar-refractivity contribution in [2.75, 3.05) is 5.32 Å². The molecule has 0 fully saturated rings. The Labute approximate surface area is 154 Å². The molecule has 2 aromatic rings. The number of rotatable bonds is 7. The van der Waals surface area contributed by atoms with Crippen LogP contribution in [0, 0.1) is 0 Å². The summed E-state index contributed by atoms with van der Waals surface area (Å²) in [6.07, 6.45) is -1.24. The SMILES string of the molecule is CC(=O)c1ccccc1NC(=O)[C@@H](C)OC(=O)c1ccccc1OC(F)F. The van der Waals surface area contributed by atoms with Crippen molar-refractivity contribution in [2.45, 2.75) is 26.6 Å². The molecule has 27 heavy (non-hydrogen) atoms. The summed E-state index contributed by atoms with van der Waals surface area (Å²) in [5, 5.41) is 2.51. The Morgan fingerprint density at radius 2 is 1.56 bits per heavy atom. The number of hydrogen-bond donors (Lipinski definition) is 1. The van der Waals surface area contributed by atoms with Crippen LogP contribution >= 0.6 is 0 Å². The number of carbonyl (C=O) groups excluding carboxylic acids is 3. The highest BCUT2D eigenvalue weighted by atomic mass is 19.3. The molecule has 1 amide bonds. The van der Waals surface area contributed by atoms with Crippen molar-refractivity contribution in [1.82, 2.24) is 0 Å². The standard InChI is InChI=1S/C19H17F2NO5/c1-11(23)13-7-3-5-9-15(13)22-17(24)12(2)26-18(25)14-8-4-6-10-16(14)27-19(20)21/h3-10,12,19H,1-2H3,(H,22,24)/t12-/m1/s1. The summed E-state index contributed by atoms with van der Waals surface area (Å²) in [5.74, 6) is -2.27. The van der Waals surface area contributed by atoms with Crippen molar-refractivity contribution in [1.29, 1.82) is 0 Å². The van der Waals surface area contributed by atoms with Crippen LogP contribution in [-0.2, 0) is 9.53 Å². The number of halogens is 2. The monoisotopic (exact) mass is 377 g/mol. The number of hydrogen-bond acceptors (Lipinski definition) is 5. The number of benzene rings is 2. The number of para-hydroxylation sites is 2. The van der Waals surface area contributed by atoms with E-state index in [1.165, 1.54) is 44.2 Å². The highest BCUT2D eigenvalue weighted by Crippen LogP contribution is 2.22. The van der Waals surface area contributed by atoms with E-state index in [1.807, 2.05) is 0 Å². The van der Waals surface area contributed by atoms with Crippen LogP contribution in [0.1, 0.15) is 34.6 Å². The van der Waals surface area contributed by atoms with Crippen LogP contribution in [0.3, 0.4) is 0 Å². The number of esters is 1. The molecule has 1 N–H and O–H groups in total. The first-order chi connectivity index (χ1) is 12.8. The maximum absolute atomic E-state index is 12.4. The molecule has 0 unspecified atom stereocenters. The molecule has 8 heteroatoms. The zero-order valence-electron chi connectivity index (χ0n) is 14.6. The third-order valence-electron chi connectivity index (χ3n) is 3.54. The lowest BCUT2D eigenvalue weighted by atomic mass is 10.1. The molecule has 0 saturated heterocycles. The molecule has 2 aromatic carbocycles. The van der Waals surface area contributed by atoms with Crippen molar-refractivity contribution in [3.63, 3.8) is 0 Å². The van der Waals surface area contributed by atoms with Crippen LogP contribution in [0.5, 0.6) is 5.75 Å². The zero-order valence-corrected chi connectivity index (χ0v) is 14.6. The van der Waals surface area contributed by atoms with Gasteiger partial charge in [-0.2, -0.15) is 8.78 Å². The fourth-order valence-electron chi connectivity index (χ4n) is 2.25. The molecule has 6 nitrogen and oxygen atoms in total. The van der Waals surface area contributed by atoms with Gasteiger partial charge < -0.3 is 14.8 Å². The molecule has 0 aliphatic rings. The van der Waals surface area contributed by atoms with E-state index >= 15 is 0 Å². The topological polar surface area (TPSA) is 81.7 Å². The first-order valence-electron chi connectivity index (χ1n) is 7.95. The van der Waals surface area contributed by atoms with Gasteiger partial charge >= 0.3 is 12.6 Å². The summed E-state index contributed by atoms with van der Waals surface area (Å²) >= 11 is 0. The van der Waals surface area contributed by atoms with E-state index in [4.69, 9.17) is 4.74 Å². The van der Waals surface area contributed by atoms with Gasteiger partial charge in [0.1, 0.15) is 11.3 Å². The number of anilines is 1. The molecule has 0 radical (unpaired) electrons. The van der Waals surface area contributed by atoms with Crippen molar-refractivity contribution in [3.8, 4) is 5.75 Å². The van der Waals surface area contributed by atoms with Crippen molar-refractivity contribution >= 4 is 23.3 Å². The lowest BCUT2D eigenvalue weighted by Crippen LogP contribution is -2.30. The summed E-state index contributed by atoms with van der Waals surface area (Å²) in [6.45, 7) is -0.433. The van der Waals surface area contributed by atoms with E-state index in [2.05, 4.69) is 10.1 Å². The molecule has 0 aliphatic carbocycles. The maximum Gasteiger partial charge on any atom is 0.387 e. The normalized spacial score (nSPS) is 11.6. The second-order valence-corrected chi connectivity index (χ2v) is 5.51. The van der Waals surface area contributed by atoms with Crippen LogP contribution < -0.4 is 10.1 Å². The number of alkyl halides is 2. The summed E-state index contributed by atoms with van der Waals surface area (Å²) in [7, 11) is 0. The second kappa shape index (κ2) is 8.88. The molecule has 2 rings (SSSR count). The highest BCUT2D eigenvalue weighted by Gasteiger charge is 2.23. The Morgan fingerprint density at radius 1 is 0.963 bits per heavy atom. The number of ether oxygens (including phenoxy) is 2.